The first-order chi connectivity index (χ1) is 20.5. The number of nitrogens with one attached hydrogen (secondary N) is 1. The maximum absolute atomic E-state index is 12.5. The average molecular weight is 590 g/mol. The number of carbonyl (C=O) groups is 3. The zero-order valence-corrected chi connectivity index (χ0v) is 27.1. The highest BCUT2D eigenvalue weighted by molar-refractivity contribution is 5.80. The minimum atomic E-state index is -1.02. The monoisotopic (exact) mass is 589 g/mol. The van der Waals surface area contributed by atoms with Crippen molar-refractivity contribution in [1.82, 2.24) is 5.32 Å². The van der Waals surface area contributed by atoms with Crippen molar-refractivity contribution < 1.29 is 24.2 Å². The Morgan fingerprint density at radius 1 is 0.643 bits per heavy atom. The van der Waals surface area contributed by atoms with Crippen LogP contribution >= 0.6 is 0 Å². The van der Waals surface area contributed by atoms with Crippen LogP contribution in [0.15, 0.2) is 36.5 Å². The van der Waals surface area contributed by atoms with Crippen molar-refractivity contribution in [3.8, 4) is 0 Å². The topological polar surface area (TPSA) is 92.7 Å². The van der Waals surface area contributed by atoms with Crippen LogP contribution in [0.3, 0.4) is 0 Å². The van der Waals surface area contributed by atoms with Crippen LogP contribution < -0.4 is 5.32 Å². The highest BCUT2D eigenvalue weighted by Crippen LogP contribution is 2.18. The molecule has 0 aromatic heterocycles. The average Bonchev–Trinajstić information content (AvgIpc) is 2.97. The molecule has 6 nitrogen and oxygen atoms in total. The van der Waals surface area contributed by atoms with Crippen molar-refractivity contribution in [2.45, 2.75) is 168 Å². The molecular weight excluding hydrogens is 526 g/mol. The van der Waals surface area contributed by atoms with Gasteiger partial charge in [-0.2, -0.15) is 0 Å². The smallest absolute Gasteiger partial charge is 0.322 e. The molecule has 6 heteroatoms. The summed E-state index contributed by atoms with van der Waals surface area (Å²) < 4.78 is 5.89. The van der Waals surface area contributed by atoms with Crippen LogP contribution in [0.5, 0.6) is 0 Å². The van der Waals surface area contributed by atoms with Gasteiger partial charge in [0.25, 0.3) is 0 Å². The minimum absolute atomic E-state index is 0.00115. The molecular formula is C36H63NO5. The van der Waals surface area contributed by atoms with Gasteiger partial charge in [-0.25, -0.2) is 0 Å². The predicted molar refractivity (Wildman–Crippen MR) is 175 cm³/mol. The molecule has 0 saturated heterocycles. The van der Waals surface area contributed by atoms with Gasteiger partial charge < -0.3 is 15.2 Å². The molecule has 242 valence electrons. The van der Waals surface area contributed by atoms with E-state index in [9.17, 15) is 14.4 Å². The van der Waals surface area contributed by atoms with E-state index in [0.29, 0.717) is 12.8 Å². The lowest BCUT2D eigenvalue weighted by Gasteiger charge is -2.18. The van der Waals surface area contributed by atoms with Gasteiger partial charge in [-0.05, 0) is 70.6 Å². The van der Waals surface area contributed by atoms with Gasteiger partial charge in [0.2, 0.25) is 5.91 Å². The largest absolute Gasteiger partial charge is 0.480 e. The Bertz CT molecular complexity index is 743. The summed E-state index contributed by atoms with van der Waals surface area (Å²) in [5.74, 6) is -1.29. The number of hydrogen-bond acceptors (Lipinski definition) is 4. The molecule has 2 N–H and O–H groups in total. The van der Waals surface area contributed by atoms with E-state index in [0.717, 1.165) is 77.0 Å². The van der Waals surface area contributed by atoms with Crippen molar-refractivity contribution >= 4 is 17.8 Å². The zero-order chi connectivity index (χ0) is 30.9. The van der Waals surface area contributed by atoms with Gasteiger partial charge in [-0.1, -0.05) is 115 Å². The van der Waals surface area contributed by atoms with E-state index < -0.39 is 5.97 Å². The molecule has 1 unspecified atom stereocenters. The van der Waals surface area contributed by atoms with Crippen LogP contribution in [-0.4, -0.2) is 35.6 Å². The van der Waals surface area contributed by atoms with Crippen LogP contribution in [0.1, 0.15) is 162 Å². The van der Waals surface area contributed by atoms with Crippen molar-refractivity contribution in [3.05, 3.63) is 36.5 Å². The number of carboxylic acids is 1. The molecule has 0 aromatic carbocycles. The number of allylic oxidation sites excluding steroid dienone is 6. The molecule has 1 atom stereocenters. The molecule has 0 radical (unpaired) electrons. The Hall–Kier alpha value is -2.37. The van der Waals surface area contributed by atoms with Crippen molar-refractivity contribution in [2.75, 3.05) is 6.54 Å². The summed E-state index contributed by atoms with van der Waals surface area (Å²) in [5.41, 5.74) is 0. The molecule has 1 amide bonds. The Morgan fingerprint density at radius 3 is 1.79 bits per heavy atom. The summed E-state index contributed by atoms with van der Waals surface area (Å²) >= 11 is 0. The molecule has 0 aliphatic rings. The molecule has 0 heterocycles. The SMILES string of the molecule is CC/C=C\C/C=C\C/C=C\CCCCCCCCCC(=O)OC(CCCCCC)CCCCCCC(=O)NCC(=O)O. The normalized spacial score (nSPS) is 12.4. The fraction of sp³-hybridized carbons (Fsp3) is 0.750. The number of amides is 1. The van der Waals surface area contributed by atoms with Crippen molar-refractivity contribution in [3.63, 3.8) is 0 Å². The Kier molecular flexibility index (Phi) is 29.8. The third-order valence-electron chi connectivity index (χ3n) is 7.33. The molecule has 0 aromatic rings. The molecule has 0 aliphatic heterocycles. The van der Waals surface area contributed by atoms with E-state index in [4.69, 9.17) is 9.84 Å². The molecule has 0 saturated carbocycles. The summed E-state index contributed by atoms with van der Waals surface area (Å²) in [7, 11) is 0. The van der Waals surface area contributed by atoms with Crippen LogP contribution in [0, 0.1) is 0 Å². The predicted octanol–water partition coefficient (Wildman–Crippen LogP) is 9.78. The fourth-order valence-corrected chi connectivity index (χ4v) is 4.82. The molecule has 0 aliphatic carbocycles. The van der Waals surface area contributed by atoms with E-state index in [1.807, 2.05) is 0 Å². The summed E-state index contributed by atoms with van der Waals surface area (Å²) in [5, 5.41) is 11.0. The summed E-state index contributed by atoms with van der Waals surface area (Å²) in [6.45, 7) is 4.04. The quantitative estimate of drug-likeness (QED) is 0.0494. The van der Waals surface area contributed by atoms with Crippen LogP contribution in [0.4, 0.5) is 0 Å². The molecule has 0 bridgehead atoms. The lowest BCUT2D eigenvalue weighted by atomic mass is 10.0. The zero-order valence-electron chi connectivity index (χ0n) is 27.1. The fourth-order valence-electron chi connectivity index (χ4n) is 4.82. The summed E-state index contributed by atoms with van der Waals surface area (Å²) in [6.07, 6.45) is 37.1. The van der Waals surface area contributed by atoms with E-state index >= 15 is 0 Å². The first-order valence-electron chi connectivity index (χ1n) is 17.1. The maximum atomic E-state index is 12.5. The third kappa shape index (κ3) is 30.6. The number of hydrogen-bond donors (Lipinski definition) is 2. The number of esters is 1. The number of ether oxygens (including phenoxy) is 1. The third-order valence-corrected chi connectivity index (χ3v) is 7.33. The highest BCUT2D eigenvalue weighted by Gasteiger charge is 2.14. The summed E-state index contributed by atoms with van der Waals surface area (Å²) in [6, 6.07) is 0. The first-order valence-corrected chi connectivity index (χ1v) is 17.1. The first kappa shape index (κ1) is 39.6. The molecule has 0 spiro atoms. The van der Waals surface area contributed by atoms with Gasteiger partial charge in [0.05, 0.1) is 0 Å². The lowest BCUT2D eigenvalue weighted by Crippen LogP contribution is -2.28. The lowest BCUT2D eigenvalue weighted by molar-refractivity contribution is -0.150. The van der Waals surface area contributed by atoms with E-state index in [-0.39, 0.29) is 24.5 Å². The highest BCUT2D eigenvalue weighted by atomic mass is 16.5. The minimum Gasteiger partial charge on any atom is -0.480 e. The molecule has 0 rings (SSSR count). The number of carbonyl (C=O) groups excluding carboxylic acids is 2. The number of aliphatic carboxylic acids is 1. The van der Waals surface area contributed by atoms with Gasteiger partial charge in [-0.3, -0.25) is 14.4 Å². The second-order valence-electron chi connectivity index (χ2n) is 11.4. The summed E-state index contributed by atoms with van der Waals surface area (Å²) in [4.78, 5) is 34.6. The number of unbranched alkanes of at least 4 members (excludes halogenated alkanes) is 13. The van der Waals surface area contributed by atoms with Gasteiger partial charge in [0.15, 0.2) is 0 Å². The Balaban J connectivity index is 3.91. The van der Waals surface area contributed by atoms with Gasteiger partial charge in [0.1, 0.15) is 12.6 Å². The van der Waals surface area contributed by atoms with E-state index in [2.05, 4.69) is 55.6 Å². The van der Waals surface area contributed by atoms with Gasteiger partial charge in [-0.15, -0.1) is 0 Å². The second kappa shape index (κ2) is 31.6. The van der Waals surface area contributed by atoms with Crippen LogP contribution in [0.2, 0.25) is 0 Å². The van der Waals surface area contributed by atoms with E-state index in [1.165, 1.54) is 57.8 Å². The number of rotatable bonds is 30. The molecule has 42 heavy (non-hydrogen) atoms. The Morgan fingerprint density at radius 2 is 1.17 bits per heavy atom. The van der Waals surface area contributed by atoms with Crippen molar-refractivity contribution in [1.29, 1.82) is 0 Å². The van der Waals surface area contributed by atoms with Gasteiger partial charge >= 0.3 is 11.9 Å². The Labute approximate surface area is 257 Å². The van der Waals surface area contributed by atoms with Crippen LogP contribution in [0.25, 0.3) is 0 Å². The molecule has 0 fully saturated rings. The van der Waals surface area contributed by atoms with E-state index in [1.54, 1.807) is 0 Å². The second-order valence-corrected chi connectivity index (χ2v) is 11.4. The van der Waals surface area contributed by atoms with Crippen LogP contribution in [-0.2, 0) is 19.1 Å². The van der Waals surface area contributed by atoms with Crippen molar-refractivity contribution in [2.24, 2.45) is 0 Å². The van der Waals surface area contributed by atoms with Gasteiger partial charge in [0, 0.05) is 12.8 Å². The maximum Gasteiger partial charge on any atom is 0.322 e. The number of carboxylic acid groups (broad SMARTS) is 1. The standard InChI is InChI=1S/C36H63NO5/c1-3-5-7-9-10-11-12-13-14-15-16-17-18-19-20-21-27-31-36(41)42-33(28-24-8-6-4-2)29-25-22-23-26-30-34(38)37-32-35(39)40/h5,7,10-11,13-14,33H,3-4,6,8-9,12,15-32H2,1-2H3,(H,37,38)(H,39,40)/b7-5-,11-10-,14-13-.